The van der Waals surface area contributed by atoms with E-state index in [1.54, 1.807) is 6.07 Å². The van der Waals surface area contributed by atoms with E-state index in [0.29, 0.717) is 23.3 Å². The van der Waals surface area contributed by atoms with E-state index in [0.717, 1.165) is 11.1 Å². The van der Waals surface area contributed by atoms with Gasteiger partial charge in [-0.1, -0.05) is 29.3 Å². The number of ether oxygens (including phenoxy) is 1. The highest BCUT2D eigenvalue weighted by molar-refractivity contribution is 6.42. The molecule has 1 aromatic carbocycles. The van der Waals surface area contributed by atoms with Crippen molar-refractivity contribution < 1.29 is 4.74 Å². The molecular formula is C9H9Cl2NO. The van der Waals surface area contributed by atoms with Gasteiger partial charge in [-0.3, -0.25) is 0 Å². The maximum absolute atomic E-state index is 6.04. The third-order valence-corrected chi connectivity index (χ3v) is 2.97. The molecule has 1 aliphatic heterocycles. The first-order valence-electron chi connectivity index (χ1n) is 4.00. The summed E-state index contributed by atoms with van der Waals surface area (Å²) in [6.07, 6.45) is 0. The Morgan fingerprint density at radius 1 is 1.38 bits per heavy atom. The Labute approximate surface area is 86.6 Å². The molecule has 0 fully saturated rings. The quantitative estimate of drug-likeness (QED) is 0.726. The van der Waals surface area contributed by atoms with E-state index in [2.05, 4.69) is 0 Å². The number of hydrogen-bond donors (Lipinski definition) is 1. The van der Waals surface area contributed by atoms with Gasteiger partial charge in [0.25, 0.3) is 0 Å². The molecule has 0 bridgehead atoms. The molecule has 0 radical (unpaired) electrons. The second kappa shape index (κ2) is 3.46. The number of nitrogens with two attached hydrogens (primary N) is 1. The van der Waals surface area contributed by atoms with Crippen molar-refractivity contribution in [1.82, 2.24) is 0 Å². The molecule has 0 spiro atoms. The van der Waals surface area contributed by atoms with Crippen LogP contribution in [-0.2, 0) is 11.3 Å². The van der Waals surface area contributed by atoms with E-state index in [1.807, 2.05) is 6.07 Å². The van der Waals surface area contributed by atoms with Crippen molar-refractivity contribution in [3.05, 3.63) is 33.3 Å². The van der Waals surface area contributed by atoms with Gasteiger partial charge in [-0.2, -0.15) is 0 Å². The molecule has 0 saturated carbocycles. The fourth-order valence-electron chi connectivity index (χ4n) is 1.51. The van der Waals surface area contributed by atoms with Gasteiger partial charge >= 0.3 is 0 Å². The molecule has 0 saturated heterocycles. The van der Waals surface area contributed by atoms with Crippen molar-refractivity contribution in [3.63, 3.8) is 0 Å². The molecule has 1 atom stereocenters. The van der Waals surface area contributed by atoms with E-state index in [1.165, 1.54) is 0 Å². The molecule has 13 heavy (non-hydrogen) atoms. The van der Waals surface area contributed by atoms with Crippen LogP contribution in [0.25, 0.3) is 0 Å². The van der Waals surface area contributed by atoms with Gasteiger partial charge in [0.05, 0.1) is 29.3 Å². The van der Waals surface area contributed by atoms with Crippen LogP contribution >= 0.6 is 23.2 Å². The van der Waals surface area contributed by atoms with Crippen molar-refractivity contribution in [2.24, 2.45) is 5.73 Å². The summed E-state index contributed by atoms with van der Waals surface area (Å²) >= 11 is 11.9. The number of halogens is 2. The highest BCUT2D eigenvalue weighted by Crippen LogP contribution is 2.34. The Morgan fingerprint density at radius 2 is 2.15 bits per heavy atom. The zero-order valence-corrected chi connectivity index (χ0v) is 8.40. The van der Waals surface area contributed by atoms with Crippen LogP contribution in [0.2, 0.25) is 10.0 Å². The molecule has 1 aliphatic rings. The average molecular weight is 218 g/mol. The molecule has 70 valence electrons. The minimum Gasteiger partial charge on any atom is -0.375 e. The normalized spacial score (nSPS) is 21.3. The molecule has 2 nitrogen and oxygen atoms in total. The first kappa shape index (κ1) is 9.28. The molecule has 2 N–H and O–H groups in total. The number of hydrogen-bond acceptors (Lipinski definition) is 2. The largest absolute Gasteiger partial charge is 0.375 e. The molecule has 0 aromatic heterocycles. The minimum absolute atomic E-state index is 0.157. The van der Waals surface area contributed by atoms with Gasteiger partial charge in [-0.05, 0) is 17.2 Å². The minimum atomic E-state index is -0.157. The van der Waals surface area contributed by atoms with Crippen LogP contribution in [0.3, 0.4) is 0 Å². The number of benzene rings is 1. The van der Waals surface area contributed by atoms with E-state index < -0.39 is 0 Å². The van der Waals surface area contributed by atoms with Crippen LogP contribution in [0.4, 0.5) is 0 Å². The monoisotopic (exact) mass is 217 g/mol. The fourth-order valence-corrected chi connectivity index (χ4v) is 2.00. The molecular weight excluding hydrogens is 209 g/mol. The average Bonchev–Trinajstić information content (AvgIpc) is 2.12. The van der Waals surface area contributed by atoms with E-state index >= 15 is 0 Å². The van der Waals surface area contributed by atoms with Crippen molar-refractivity contribution in [3.8, 4) is 0 Å². The van der Waals surface area contributed by atoms with Crippen molar-refractivity contribution in [1.29, 1.82) is 0 Å². The fraction of sp³-hybridized carbons (Fsp3) is 0.333. The van der Waals surface area contributed by atoms with E-state index in [-0.39, 0.29) is 6.04 Å². The summed E-state index contributed by atoms with van der Waals surface area (Å²) in [5.41, 5.74) is 7.81. The molecule has 0 unspecified atom stereocenters. The molecule has 0 amide bonds. The van der Waals surface area contributed by atoms with Crippen molar-refractivity contribution >= 4 is 23.2 Å². The maximum atomic E-state index is 6.04. The van der Waals surface area contributed by atoms with Crippen LogP contribution in [-0.4, -0.2) is 6.61 Å². The Bertz CT molecular complexity index is 341. The van der Waals surface area contributed by atoms with Gasteiger partial charge in [0.15, 0.2) is 0 Å². The predicted octanol–water partition coefficient (Wildman–Crippen LogP) is 2.52. The van der Waals surface area contributed by atoms with Crippen molar-refractivity contribution in [2.45, 2.75) is 12.6 Å². The number of fused-ring (bicyclic) bond motifs is 1. The molecule has 1 heterocycles. The zero-order chi connectivity index (χ0) is 9.42. The van der Waals surface area contributed by atoms with Gasteiger partial charge < -0.3 is 10.5 Å². The van der Waals surface area contributed by atoms with Gasteiger partial charge in [0, 0.05) is 0 Å². The van der Waals surface area contributed by atoms with Crippen LogP contribution in [0.5, 0.6) is 0 Å². The highest BCUT2D eigenvalue weighted by atomic mass is 35.5. The first-order valence-corrected chi connectivity index (χ1v) is 4.76. The standard InChI is InChI=1S/C9H9Cl2NO/c10-6-2-1-5-3-13-4-7(12)8(5)9(6)11/h1-2,7H,3-4,12H2/t7-/m0/s1. The van der Waals surface area contributed by atoms with Gasteiger partial charge in [-0.25, -0.2) is 0 Å². The highest BCUT2D eigenvalue weighted by Gasteiger charge is 2.21. The lowest BCUT2D eigenvalue weighted by Crippen LogP contribution is -2.24. The zero-order valence-electron chi connectivity index (χ0n) is 6.89. The smallest absolute Gasteiger partial charge is 0.0721 e. The molecule has 2 rings (SSSR count). The van der Waals surface area contributed by atoms with E-state index in [9.17, 15) is 0 Å². The van der Waals surface area contributed by atoms with Crippen LogP contribution in [0.15, 0.2) is 12.1 Å². The summed E-state index contributed by atoms with van der Waals surface area (Å²) in [7, 11) is 0. The van der Waals surface area contributed by atoms with Gasteiger partial charge in [-0.15, -0.1) is 0 Å². The summed E-state index contributed by atoms with van der Waals surface area (Å²) in [6.45, 7) is 1.08. The van der Waals surface area contributed by atoms with Crippen molar-refractivity contribution in [2.75, 3.05) is 6.61 Å². The SMILES string of the molecule is N[C@H]1COCc2ccc(Cl)c(Cl)c21. The van der Waals surface area contributed by atoms with E-state index in [4.69, 9.17) is 33.7 Å². The third-order valence-electron chi connectivity index (χ3n) is 2.15. The first-order chi connectivity index (χ1) is 6.20. The summed E-state index contributed by atoms with van der Waals surface area (Å²) < 4.78 is 5.28. The molecule has 0 aliphatic carbocycles. The Kier molecular flexibility index (Phi) is 2.47. The number of rotatable bonds is 0. The van der Waals surface area contributed by atoms with Crippen LogP contribution in [0, 0.1) is 0 Å². The van der Waals surface area contributed by atoms with Gasteiger partial charge in [0.1, 0.15) is 0 Å². The Morgan fingerprint density at radius 3 is 2.92 bits per heavy atom. The van der Waals surface area contributed by atoms with Crippen LogP contribution < -0.4 is 5.73 Å². The Hall–Kier alpha value is -0.280. The maximum Gasteiger partial charge on any atom is 0.0721 e. The second-order valence-electron chi connectivity index (χ2n) is 3.06. The lowest BCUT2D eigenvalue weighted by atomic mass is 10.00. The summed E-state index contributed by atoms with van der Waals surface area (Å²) in [5.74, 6) is 0. The van der Waals surface area contributed by atoms with Gasteiger partial charge in [0.2, 0.25) is 0 Å². The predicted molar refractivity (Wildman–Crippen MR) is 53.0 cm³/mol. The summed E-state index contributed by atoms with van der Waals surface area (Å²) in [6, 6.07) is 3.52. The third kappa shape index (κ3) is 1.55. The van der Waals surface area contributed by atoms with Crippen LogP contribution in [0.1, 0.15) is 17.2 Å². The summed E-state index contributed by atoms with van der Waals surface area (Å²) in [4.78, 5) is 0. The lowest BCUT2D eigenvalue weighted by Gasteiger charge is -2.23. The molecule has 4 heteroatoms. The molecule has 1 aromatic rings. The summed E-state index contributed by atoms with van der Waals surface area (Å²) in [5, 5.41) is 1.12. The Balaban J connectivity index is 2.58. The second-order valence-corrected chi connectivity index (χ2v) is 3.84. The lowest BCUT2D eigenvalue weighted by molar-refractivity contribution is 0.0924. The topological polar surface area (TPSA) is 35.2 Å².